The molecule has 0 unspecified atom stereocenters. The molecule has 0 aliphatic carbocycles. The van der Waals surface area contributed by atoms with Crippen LogP contribution in [0.25, 0.3) is 0 Å². The van der Waals surface area contributed by atoms with Crippen molar-refractivity contribution in [3.8, 4) is 0 Å². The maximum absolute atomic E-state index is 13.1. The predicted octanol–water partition coefficient (Wildman–Crippen LogP) is 2.79. The molecule has 3 rings (SSSR count). The fourth-order valence-electron chi connectivity index (χ4n) is 3.00. The van der Waals surface area contributed by atoms with E-state index < -0.39 is 0 Å². The number of nitrogens with zero attached hydrogens (tertiary/aromatic N) is 3. The second-order valence-electron chi connectivity index (χ2n) is 6.54. The summed E-state index contributed by atoms with van der Waals surface area (Å²) in [5, 5.41) is 6.73. The Kier molecular flexibility index (Phi) is 6.20. The van der Waals surface area contributed by atoms with Gasteiger partial charge in [-0.2, -0.15) is 4.98 Å². The molecule has 0 atom stereocenters. The number of aromatic nitrogens is 3. The molecule has 148 valence electrons. The van der Waals surface area contributed by atoms with Crippen molar-refractivity contribution in [3.63, 3.8) is 0 Å². The van der Waals surface area contributed by atoms with Crippen LogP contribution in [-0.4, -0.2) is 34.3 Å². The van der Waals surface area contributed by atoms with E-state index in [-0.39, 0.29) is 18.3 Å². The topological polar surface area (TPSA) is 82.2 Å². The van der Waals surface area contributed by atoms with Gasteiger partial charge >= 0.3 is 0 Å². The van der Waals surface area contributed by atoms with Crippen LogP contribution in [0.15, 0.2) is 34.9 Å². The van der Waals surface area contributed by atoms with E-state index in [1.807, 2.05) is 24.5 Å². The van der Waals surface area contributed by atoms with E-state index >= 15 is 0 Å². The lowest BCUT2D eigenvalue weighted by atomic mass is 10.2. The maximum atomic E-state index is 13.1. The Hall–Kier alpha value is -3.00. The molecule has 7 nitrogen and oxygen atoms in total. The number of rotatable bonds is 8. The molecule has 2 aromatic heterocycles. The van der Waals surface area contributed by atoms with Crippen LogP contribution in [0.3, 0.4) is 0 Å². The summed E-state index contributed by atoms with van der Waals surface area (Å²) >= 11 is 0. The summed E-state index contributed by atoms with van der Waals surface area (Å²) in [5.41, 5.74) is 3.42. The van der Waals surface area contributed by atoms with Gasteiger partial charge in [-0.05, 0) is 37.6 Å². The highest BCUT2D eigenvalue weighted by Crippen LogP contribution is 2.17. The molecule has 0 bridgehead atoms. The minimum atomic E-state index is -0.263. The molecule has 1 amide bonds. The van der Waals surface area contributed by atoms with Crippen LogP contribution in [0.4, 0.5) is 4.39 Å². The van der Waals surface area contributed by atoms with Crippen molar-refractivity contribution in [1.82, 2.24) is 20.0 Å². The minimum Gasteiger partial charge on any atom is -0.375 e. The lowest BCUT2D eigenvalue weighted by Gasteiger charge is -2.10. The van der Waals surface area contributed by atoms with Gasteiger partial charge in [-0.25, -0.2) is 4.39 Å². The summed E-state index contributed by atoms with van der Waals surface area (Å²) in [6.45, 7) is 5.09. The van der Waals surface area contributed by atoms with Crippen molar-refractivity contribution >= 4 is 5.91 Å². The highest BCUT2D eigenvalue weighted by molar-refractivity contribution is 5.95. The third kappa shape index (κ3) is 4.64. The predicted molar refractivity (Wildman–Crippen MR) is 100 cm³/mol. The van der Waals surface area contributed by atoms with Gasteiger partial charge in [0, 0.05) is 38.0 Å². The van der Waals surface area contributed by atoms with Crippen molar-refractivity contribution in [2.75, 3.05) is 13.7 Å². The molecule has 0 aliphatic heterocycles. The first-order chi connectivity index (χ1) is 13.5. The number of aryl methyl sites for hydroxylation is 1. The number of carbonyl (C=O) groups excluding carboxylic acids is 1. The van der Waals surface area contributed by atoms with E-state index in [2.05, 4.69) is 15.5 Å². The van der Waals surface area contributed by atoms with Crippen LogP contribution in [0.2, 0.25) is 0 Å². The SMILES string of the molecule is COCc1nc(CCNC(=O)c2cc(C)n(Cc3ccc(F)cc3)c2C)no1. The molecular weight excluding hydrogens is 363 g/mol. The third-order valence-electron chi connectivity index (χ3n) is 4.48. The summed E-state index contributed by atoms with van der Waals surface area (Å²) in [6, 6.07) is 8.23. The molecule has 0 spiro atoms. The number of methoxy groups -OCH3 is 1. The van der Waals surface area contributed by atoms with Gasteiger partial charge in [0.2, 0.25) is 0 Å². The Morgan fingerprint density at radius 3 is 2.75 bits per heavy atom. The average molecular weight is 386 g/mol. The molecule has 3 aromatic rings. The Bertz CT molecular complexity index is 947. The first-order valence-corrected chi connectivity index (χ1v) is 8.97. The quantitative estimate of drug-likeness (QED) is 0.644. The number of hydrogen-bond acceptors (Lipinski definition) is 5. The molecule has 1 aromatic carbocycles. The number of ether oxygens (including phenoxy) is 1. The summed E-state index contributed by atoms with van der Waals surface area (Å²) in [5.74, 6) is 0.516. The van der Waals surface area contributed by atoms with Gasteiger partial charge in [0.15, 0.2) is 5.82 Å². The number of hydrogen-bond donors (Lipinski definition) is 1. The number of carbonyl (C=O) groups is 1. The first-order valence-electron chi connectivity index (χ1n) is 8.97. The molecule has 0 saturated carbocycles. The van der Waals surface area contributed by atoms with Gasteiger partial charge in [-0.3, -0.25) is 4.79 Å². The zero-order chi connectivity index (χ0) is 20.1. The van der Waals surface area contributed by atoms with Crippen molar-refractivity contribution in [2.45, 2.75) is 33.4 Å². The molecular formula is C20H23FN4O3. The standard InChI is InChI=1S/C20H23FN4O3/c1-13-10-17(14(2)25(13)11-15-4-6-16(21)7-5-15)20(26)22-9-8-18-23-19(12-27-3)28-24-18/h4-7,10H,8-9,11-12H2,1-3H3,(H,22,26). The molecule has 2 heterocycles. The molecule has 0 aliphatic rings. The largest absolute Gasteiger partial charge is 0.375 e. The van der Waals surface area contributed by atoms with Crippen LogP contribution >= 0.6 is 0 Å². The van der Waals surface area contributed by atoms with E-state index in [0.29, 0.717) is 36.8 Å². The van der Waals surface area contributed by atoms with Gasteiger partial charge in [-0.1, -0.05) is 17.3 Å². The summed E-state index contributed by atoms with van der Waals surface area (Å²) in [6.07, 6.45) is 0.466. The van der Waals surface area contributed by atoms with Gasteiger partial charge in [0.1, 0.15) is 12.4 Å². The van der Waals surface area contributed by atoms with Crippen molar-refractivity contribution < 1.29 is 18.4 Å². The maximum Gasteiger partial charge on any atom is 0.253 e. The lowest BCUT2D eigenvalue weighted by Crippen LogP contribution is -2.26. The van der Waals surface area contributed by atoms with Crippen molar-refractivity contribution in [2.24, 2.45) is 0 Å². The minimum absolute atomic E-state index is 0.154. The van der Waals surface area contributed by atoms with E-state index in [1.165, 1.54) is 12.1 Å². The van der Waals surface area contributed by atoms with Crippen LogP contribution in [-0.2, 0) is 24.3 Å². The van der Waals surface area contributed by atoms with E-state index in [9.17, 15) is 9.18 Å². The van der Waals surface area contributed by atoms with Gasteiger partial charge < -0.3 is 19.1 Å². The second-order valence-corrected chi connectivity index (χ2v) is 6.54. The normalized spacial score (nSPS) is 11.0. The fourth-order valence-corrected chi connectivity index (χ4v) is 3.00. The monoisotopic (exact) mass is 386 g/mol. The molecule has 0 radical (unpaired) electrons. The zero-order valence-electron chi connectivity index (χ0n) is 16.2. The van der Waals surface area contributed by atoms with E-state index in [0.717, 1.165) is 17.0 Å². The zero-order valence-corrected chi connectivity index (χ0v) is 16.2. The van der Waals surface area contributed by atoms with E-state index in [4.69, 9.17) is 9.26 Å². The van der Waals surface area contributed by atoms with Crippen LogP contribution in [0.1, 0.15) is 39.0 Å². The second kappa shape index (κ2) is 8.79. The Morgan fingerprint density at radius 1 is 1.29 bits per heavy atom. The fraction of sp³-hybridized carbons (Fsp3) is 0.350. The average Bonchev–Trinajstić information content (AvgIpc) is 3.23. The first kappa shape index (κ1) is 19.8. The Labute approximate surface area is 162 Å². The van der Waals surface area contributed by atoms with Gasteiger partial charge in [0.05, 0.1) is 5.56 Å². The van der Waals surface area contributed by atoms with Gasteiger partial charge in [-0.15, -0.1) is 0 Å². The highest BCUT2D eigenvalue weighted by atomic mass is 19.1. The smallest absolute Gasteiger partial charge is 0.253 e. The Balaban J connectivity index is 1.61. The van der Waals surface area contributed by atoms with Crippen LogP contribution in [0.5, 0.6) is 0 Å². The number of amides is 1. The van der Waals surface area contributed by atoms with Crippen LogP contribution in [0, 0.1) is 19.7 Å². The Morgan fingerprint density at radius 2 is 2.04 bits per heavy atom. The number of benzene rings is 1. The summed E-state index contributed by atoms with van der Waals surface area (Å²) < 4.78 is 25.1. The highest BCUT2D eigenvalue weighted by Gasteiger charge is 2.16. The molecule has 8 heteroatoms. The van der Waals surface area contributed by atoms with Crippen LogP contribution < -0.4 is 5.32 Å². The van der Waals surface area contributed by atoms with Crippen molar-refractivity contribution in [1.29, 1.82) is 0 Å². The van der Waals surface area contributed by atoms with Crippen molar-refractivity contribution in [3.05, 3.63) is 70.4 Å². The number of nitrogens with one attached hydrogen (secondary N) is 1. The summed E-state index contributed by atoms with van der Waals surface area (Å²) in [4.78, 5) is 16.7. The molecule has 0 fully saturated rings. The number of halogens is 1. The lowest BCUT2D eigenvalue weighted by molar-refractivity contribution is 0.0953. The third-order valence-corrected chi connectivity index (χ3v) is 4.48. The van der Waals surface area contributed by atoms with Gasteiger partial charge in [0.25, 0.3) is 11.8 Å². The molecule has 28 heavy (non-hydrogen) atoms. The van der Waals surface area contributed by atoms with E-state index in [1.54, 1.807) is 19.2 Å². The molecule has 0 saturated heterocycles. The molecule has 1 N–H and O–H groups in total. The summed E-state index contributed by atoms with van der Waals surface area (Å²) in [7, 11) is 1.55.